The lowest BCUT2D eigenvalue weighted by atomic mass is 10.0. The Bertz CT molecular complexity index is 811. The predicted molar refractivity (Wildman–Crippen MR) is 104 cm³/mol. The van der Waals surface area contributed by atoms with Crippen LogP contribution in [0.5, 0.6) is 0 Å². The maximum Gasteiger partial charge on any atom is 0.701 e. The molecular formula is C20H22F2N2O3P+. The molecule has 2 heterocycles. The van der Waals surface area contributed by atoms with Crippen molar-refractivity contribution in [1.82, 2.24) is 0 Å². The molecule has 28 heavy (non-hydrogen) atoms. The number of benzene rings is 2. The molecule has 2 aromatic rings. The topological polar surface area (TPSA) is 42.0 Å². The molecule has 2 aliphatic heterocycles. The molecule has 0 saturated carbocycles. The average Bonchev–Trinajstić information content (AvgIpc) is 2.70. The van der Waals surface area contributed by atoms with Crippen LogP contribution < -0.4 is 9.80 Å². The maximum absolute atomic E-state index is 13.4. The fourth-order valence-corrected chi connectivity index (χ4v) is 4.37. The standard InChI is InChI=1S/C20H22F2N2O3P/c21-17-5-7-19-15(11-17)3-1-9-23(19)13-26-28(25)27-14-24-10-2-4-16-12-18(22)6-8-20(16)24/h5-8,11-12H,1-4,9-10,13-14H2/q+1. The second-order valence-electron chi connectivity index (χ2n) is 7.02. The third-order valence-corrected chi connectivity index (χ3v) is 5.80. The van der Waals surface area contributed by atoms with Gasteiger partial charge in [0.05, 0.1) is 0 Å². The van der Waals surface area contributed by atoms with E-state index in [1.54, 1.807) is 12.1 Å². The van der Waals surface area contributed by atoms with Crippen molar-refractivity contribution >= 4 is 19.6 Å². The Kier molecular flexibility index (Phi) is 5.85. The molecular weight excluding hydrogens is 385 g/mol. The summed E-state index contributed by atoms with van der Waals surface area (Å²) in [5, 5.41) is 0. The first-order valence-electron chi connectivity index (χ1n) is 9.40. The highest BCUT2D eigenvalue weighted by Crippen LogP contribution is 2.33. The van der Waals surface area contributed by atoms with Gasteiger partial charge in [-0.25, -0.2) is 8.78 Å². The molecule has 2 aromatic carbocycles. The smallest absolute Gasteiger partial charge is 0.344 e. The van der Waals surface area contributed by atoms with Gasteiger partial charge in [-0.2, -0.15) is 0 Å². The monoisotopic (exact) mass is 407 g/mol. The van der Waals surface area contributed by atoms with Crippen molar-refractivity contribution in [2.75, 3.05) is 36.4 Å². The van der Waals surface area contributed by atoms with E-state index in [-0.39, 0.29) is 25.1 Å². The van der Waals surface area contributed by atoms with Crippen LogP contribution in [-0.2, 0) is 26.5 Å². The molecule has 0 aromatic heterocycles. The minimum absolute atomic E-state index is 0.121. The predicted octanol–water partition coefficient (Wildman–Crippen LogP) is 4.78. The lowest BCUT2D eigenvalue weighted by molar-refractivity contribution is 0.222. The quantitative estimate of drug-likeness (QED) is 0.645. The van der Waals surface area contributed by atoms with Crippen molar-refractivity contribution < 1.29 is 22.4 Å². The zero-order valence-electron chi connectivity index (χ0n) is 15.4. The van der Waals surface area contributed by atoms with Gasteiger partial charge in [0.15, 0.2) is 13.5 Å². The first-order valence-corrected chi connectivity index (χ1v) is 10.5. The van der Waals surface area contributed by atoms with E-state index in [2.05, 4.69) is 0 Å². The largest absolute Gasteiger partial charge is 0.701 e. The van der Waals surface area contributed by atoms with E-state index in [9.17, 15) is 13.3 Å². The molecule has 5 nitrogen and oxygen atoms in total. The Morgan fingerprint density at radius 3 is 1.75 bits per heavy atom. The van der Waals surface area contributed by atoms with E-state index < -0.39 is 8.25 Å². The number of halogens is 2. The molecule has 0 aliphatic carbocycles. The SMILES string of the molecule is O=[P+](OCN1CCCc2cc(F)ccc21)OCN1CCCc2cc(F)ccc21. The van der Waals surface area contributed by atoms with Crippen LogP contribution in [0.25, 0.3) is 0 Å². The normalized spacial score (nSPS) is 15.9. The van der Waals surface area contributed by atoms with Crippen LogP contribution in [0, 0.1) is 11.6 Å². The number of fused-ring (bicyclic) bond motifs is 2. The van der Waals surface area contributed by atoms with Crippen LogP contribution in [0.1, 0.15) is 24.0 Å². The Morgan fingerprint density at radius 1 is 0.821 bits per heavy atom. The van der Waals surface area contributed by atoms with Crippen LogP contribution in [0.15, 0.2) is 36.4 Å². The maximum atomic E-state index is 13.4. The van der Waals surface area contributed by atoms with Gasteiger partial charge in [0.1, 0.15) is 11.6 Å². The number of hydrogen-bond acceptors (Lipinski definition) is 5. The Hall–Kier alpha value is -2.08. The summed E-state index contributed by atoms with van der Waals surface area (Å²) in [7, 11) is -2.30. The second kappa shape index (κ2) is 8.52. The second-order valence-corrected chi connectivity index (χ2v) is 7.98. The van der Waals surface area contributed by atoms with Gasteiger partial charge in [-0.3, -0.25) is 0 Å². The molecule has 0 amide bonds. The van der Waals surface area contributed by atoms with Gasteiger partial charge in [-0.1, -0.05) is 9.05 Å². The fraction of sp³-hybridized carbons (Fsp3) is 0.400. The summed E-state index contributed by atoms with van der Waals surface area (Å²) in [4.78, 5) is 3.88. The van der Waals surface area contributed by atoms with E-state index in [4.69, 9.17) is 9.05 Å². The molecule has 0 saturated heterocycles. The lowest BCUT2D eigenvalue weighted by Gasteiger charge is -2.29. The van der Waals surface area contributed by atoms with E-state index in [0.717, 1.165) is 61.3 Å². The molecule has 0 atom stereocenters. The van der Waals surface area contributed by atoms with Gasteiger partial charge in [-0.05, 0) is 73.2 Å². The van der Waals surface area contributed by atoms with Gasteiger partial charge in [0, 0.05) is 29.0 Å². The number of nitrogens with zero attached hydrogens (tertiary/aromatic N) is 2. The molecule has 2 aliphatic rings. The molecule has 0 unspecified atom stereocenters. The highest BCUT2D eigenvalue weighted by molar-refractivity contribution is 7.33. The van der Waals surface area contributed by atoms with Gasteiger partial charge in [-0.15, -0.1) is 0 Å². The van der Waals surface area contributed by atoms with Gasteiger partial charge in [0.2, 0.25) is 0 Å². The summed E-state index contributed by atoms with van der Waals surface area (Å²) in [6.07, 6.45) is 3.42. The van der Waals surface area contributed by atoms with Gasteiger partial charge < -0.3 is 9.80 Å². The van der Waals surface area contributed by atoms with Crippen molar-refractivity contribution in [3.05, 3.63) is 59.2 Å². The molecule has 4 rings (SSSR count). The zero-order valence-corrected chi connectivity index (χ0v) is 16.3. The highest BCUT2D eigenvalue weighted by atomic mass is 31.1. The van der Waals surface area contributed by atoms with E-state index in [1.165, 1.54) is 24.3 Å². The third-order valence-electron chi connectivity index (χ3n) is 5.15. The molecule has 0 fully saturated rings. The van der Waals surface area contributed by atoms with E-state index in [1.807, 2.05) is 9.80 Å². The summed E-state index contributed by atoms with van der Waals surface area (Å²) < 4.78 is 49.8. The van der Waals surface area contributed by atoms with E-state index >= 15 is 0 Å². The minimum Gasteiger partial charge on any atom is -0.344 e. The number of anilines is 2. The van der Waals surface area contributed by atoms with Gasteiger partial charge in [0.25, 0.3) is 0 Å². The van der Waals surface area contributed by atoms with Crippen LogP contribution >= 0.6 is 8.25 Å². The van der Waals surface area contributed by atoms with Crippen LogP contribution in [0.3, 0.4) is 0 Å². The van der Waals surface area contributed by atoms with Gasteiger partial charge >= 0.3 is 8.25 Å². The summed E-state index contributed by atoms with van der Waals surface area (Å²) in [6.45, 7) is 1.75. The minimum atomic E-state index is -2.30. The fourth-order valence-electron chi connectivity index (χ4n) is 3.83. The van der Waals surface area contributed by atoms with Crippen molar-refractivity contribution in [3.63, 3.8) is 0 Å². The van der Waals surface area contributed by atoms with Crippen molar-refractivity contribution in [3.8, 4) is 0 Å². The van der Waals surface area contributed by atoms with Crippen molar-refractivity contribution in [2.24, 2.45) is 0 Å². The van der Waals surface area contributed by atoms with Crippen molar-refractivity contribution in [2.45, 2.75) is 25.7 Å². The van der Waals surface area contributed by atoms with Crippen LogP contribution in [0.2, 0.25) is 0 Å². The van der Waals surface area contributed by atoms with E-state index in [0.29, 0.717) is 0 Å². The molecule has 0 N–H and O–H groups in total. The molecule has 148 valence electrons. The third kappa shape index (κ3) is 4.32. The molecule has 0 spiro atoms. The lowest BCUT2D eigenvalue weighted by Crippen LogP contribution is -2.32. The summed E-state index contributed by atoms with van der Waals surface area (Å²) in [5.41, 5.74) is 3.68. The first-order chi connectivity index (χ1) is 13.6. The average molecular weight is 407 g/mol. The summed E-state index contributed by atoms with van der Waals surface area (Å²) in [5.74, 6) is -0.504. The summed E-state index contributed by atoms with van der Waals surface area (Å²) in [6, 6.07) is 9.37. The van der Waals surface area contributed by atoms with Crippen LogP contribution in [-0.4, -0.2) is 26.6 Å². The first kappa shape index (κ1) is 19.2. The number of hydrogen-bond donors (Lipinski definition) is 0. The number of aryl methyl sites for hydroxylation is 2. The zero-order chi connectivity index (χ0) is 19.5. The van der Waals surface area contributed by atoms with Crippen LogP contribution in [0.4, 0.5) is 20.2 Å². The molecule has 0 radical (unpaired) electrons. The Morgan fingerprint density at radius 2 is 1.29 bits per heavy atom. The molecule has 0 bridgehead atoms. The Labute approximate surface area is 163 Å². The number of rotatable bonds is 6. The van der Waals surface area contributed by atoms with Crippen molar-refractivity contribution in [1.29, 1.82) is 0 Å². The summed E-state index contributed by atoms with van der Waals surface area (Å²) >= 11 is 0. The molecule has 8 heteroatoms. The highest BCUT2D eigenvalue weighted by Gasteiger charge is 2.27. The Balaban J connectivity index is 1.31.